The standard InChI is InChI=1S/C12H13BrN2O2S/c13-9-1-3-11(4-2-9)17-6-5-14-7-10-8-18-12(16)15-10/h1-4,8,14H,5-7H2,(H,15,16). The third-order valence-corrected chi connectivity index (χ3v) is 3.49. The highest BCUT2D eigenvalue weighted by Crippen LogP contribution is 2.15. The quantitative estimate of drug-likeness (QED) is 0.800. The highest BCUT2D eigenvalue weighted by atomic mass is 79.9. The van der Waals surface area contributed by atoms with E-state index in [1.807, 2.05) is 29.6 Å². The Bertz CT molecular complexity index is 536. The maximum Gasteiger partial charge on any atom is 0.304 e. The van der Waals surface area contributed by atoms with Gasteiger partial charge in [0.1, 0.15) is 12.4 Å². The zero-order chi connectivity index (χ0) is 12.8. The van der Waals surface area contributed by atoms with Crippen LogP contribution in [0.25, 0.3) is 0 Å². The summed E-state index contributed by atoms with van der Waals surface area (Å²) in [5.74, 6) is 0.851. The second-order valence-corrected chi connectivity index (χ2v) is 5.41. The van der Waals surface area contributed by atoms with Crippen molar-refractivity contribution < 1.29 is 4.74 Å². The minimum Gasteiger partial charge on any atom is -0.492 e. The van der Waals surface area contributed by atoms with Crippen molar-refractivity contribution in [1.29, 1.82) is 0 Å². The molecule has 1 heterocycles. The monoisotopic (exact) mass is 328 g/mol. The van der Waals surface area contributed by atoms with Crippen LogP contribution in [0.5, 0.6) is 5.75 Å². The van der Waals surface area contributed by atoms with E-state index >= 15 is 0 Å². The van der Waals surface area contributed by atoms with Crippen molar-refractivity contribution in [3.8, 4) is 5.75 Å². The fourth-order valence-corrected chi connectivity index (χ4v) is 2.24. The molecule has 0 amide bonds. The number of benzene rings is 1. The van der Waals surface area contributed by atoms with E-state index in [1.165, 1.54) is 11.3 Å². The van der Waals surface area contributed by atoms with Gasteiger partial charge >= 0.3 is 4.87 Å². The van der Waals surface area contributed by atoms with Crippen LogP contribution in [0.1, 0.15) is 5.69 Å². The van der Waals surface area contributed by atoms with Crippen molar-refractivity contribution in [3.05, 3.63) is 49.5 Å². The molecule has 1 aromatic heterocycles. The summed E-state index contributed by atoms with van der Waals surface area (Å²) in [4.78, 5) is 13.6. The number of halogens is 1. The van der Waals surface area contributed by atoms with Crippen LogP contribution in [0.2, 0.25) is 0 Å². The van der Waals surface area contributed by atoms with Gasteiger partial charge in [0.2, 0.25) is 0 Å². The van der Waals surface area contributed by atoms with Gasteiger partial charge in [0.25, 0.3) is 0 Å². The number of thiazole rings is 1. The van der Waals surface area contributed by atoms with Crippen molar-refractivity contribution >= 4 is 27.3 Å². The fourth-order valence-electron chi connectivity index (χ4n) is 1.40. The molecule has 2 rings (SSSR count). The molecule has 1 aromatic carbocycles. The molecule has 0 atom stereocenters. The molecule has 2 N–H and O–H groups in total. The molecule has 0 unspecified atom stereocenters. The number of H-pyrrole nitrogens is 1. The molecule has 0 saturated heterocycles. The Labute approximate surface area is 117 Å². The molecule has 6 heteroatoms. The Morgan fingerprint density at radius 3 is 2.78 bits per heavy atom. The Hall–Kier alpha value is -1.11. The van der Waals surface area contributed by atoms with E-state index in [0.717, 1.165) is 22.5 Å². The van der Waals surface area contributed by atoms with Gasteiger partial charge in [-0.15, -0.1) is 0 Å². The molecule has 0 bridgehead atoms. The second-order valence-electron chi connectivity index (χ2n) is 3.65. The van der Waals surface area contributed by atoms with Gasteiger partial charge in [-0.05, 0) is 24.3 Å². The summed E-state index contributed by atoms with van der Waals surface area (Å²) >= 11 is 4.55. The molecule has 18 heavy (non-hydrogen) atoms. The van der Waals surface area contributed by atoms with Gasteiger partial charge in [-0.2, -0.15) is 0 Å². The third-order valence-electron chi connectivity index (χ3n) is 2.25. The molecule has 0 aliphatic heterocycles. The lowest BCUT2D eigenvalue weighted by molar-refractivity contribution is 0.313. The van der Waals surface area contributed by atoms with Crippen LogP contribution in [0, 0.1) is 0 Å². The molecule has 96 valence electrons. The molecule has 4 nitrogen and oxygen atoms in total. The lowest BCUT2D eigenvalue weighted by atomic mass is 10.3. The Balaban J connectivity index is 1.64. The van der Waals surface area contributed by atoms with Gasteiger partial charge < -0.3 is 15.0 Å². The minimum atomic E-state index is -0.0158. The first-order valence-corrected chi connectivity index (χ1v) is 7.17. The van der Waals surface area contributed by atoms with E-state index in [4.69, 9.17) is 4.74 Å². The number of nitrogens with one attached hydrogen (secondary N) is 2. The molecule has 0 aliphatic rings. The van der Waals surface area contributed by atoms with Gasteiger partial charge in [0.15, 0.2) is 0 Å². The number of ether oxygens (including phenoxy) is 1. The van der Waals surface area contributed by atoms with Crippen molar-refractivity contribution in [3.63, 3.8) is 0 Å². The predicted octanol–water partition coefficient (Wildman–Crippen LogP) is 2.37. The normalized spacial score (nSPS) is 10.5. The molecule has 0 radical (unpaired) electrons. The summed E-state index contributed by atoms with van der Waals surface area (Å²) in [6.07, 6.45) is 0. The maximum absolute atomic E-state index is 10.9. The zero-order valence-corrected chi connectivity index (χ0v) is 12.0. The van der Waals surface area contributed by atoms with Crippen LogP contribution >= 0.6 is 27.3 Å². The first-order chi connectivity index (χ1) is 8.74. The molecular weight excluding hydrogens is 316 g/mol. The molecule has 0 fully saturated rings. The summed E-state index contributed by atoms with van der Waals surface area (Å²) in [5.41, 5.74) is 0.911. The zero-order valence-electron chi connectivity index (χ0n) is 9.61. The Morgan fingerprint density at radius 1 is 1.33 bits per heavy atom. The van der Waals surface area contributed by atoms with E-state index < -0.39 is 0 Å². The predicted molar refractivity (Wildman–Crippen MR) is 76.3 cm³/mol. The van der Waals surface area contributed by atoms with Gasteiger partial charge in [0, 0.05) is 28.6 Å². The van der Waals surface area contributed by atoms with Gasteiger partial charge in [-0.25, -0.2) is 0 Å². The topological polar surface area (TPSA) is 54.1 Å². The molecule has 0 saturated carbocycles. The van der Waals surface area contributed by atoms with Crippen molar-refractivity contribution in [2.75, 3.05) is 13.2 Å². The number of rotatable bonds is 6. The highest BCUT2D eigenvalue weighted by Gasteiger charge is 1.96. The molecule has 2 aromatic rings. The lowest BCUT2D eigenvalue weighted by Gasteiger charge is -2.06. The third kappa shape index (κ3) is 4.29. The van der Waals surface area contributed by atoms with Crippen LogP contribution in [0.4, 0.5) is 0 Å². The fraction of sp³-hybridized carbons (Fsp3) is 0.250. The highest BCUT2D eigenvalue weighted by molar-refractivity contribution is 9.10. The maximum atomic E-state index is 10.9. The van der Waals surface area contributed by atoms with E-state index in [0.29, 0.717) is 13.2 Å². The summed E-state index contributed by atoms with van der Waals surface area (Å²) in [6.45, 7) is 1.98. The summed E-state index contributed by atoms with van der Waals surface area (Å²) in [5, 5.41) is 5.02. The smallest absolute Gasteiger partial charge is 0.304 e. The van der Waals surface area contributed by atoms with E-state index in [-0.39, 0.29) is 4.87 Å². The van der Waals surface area contributed by atoms with Gasteiger partial charge in [-0.3, -0.25) is 4.79 Å². The number of aromatic amines is 1. The first kappa shape index (κ1) is 13.3. The van der Waals surface area contributed by atoms with E-state index in [1.54, 1.807) is 0 Å². The van der Waals surface area contributed by atoms with Crippen LogP contribution in [-0.2, 0) is 6.54 Å². The summed E-state index contributed by atoms with van der Waals surface area (Å²) < 4.78 is 6.59. The summed E-state index contributed by atoms with van der Waals surface area (Å²) in [6, 6.07) is 7.72. The number of hydrogen-bond acceptors (Lipinski definition) is 4. The average molecular weight is 329 g/mol. The van der Waals surface area contributed by atoms with Crippen LogP contribution < -0.4 is 14.9 Å². The van der Waals surface area contributed by atoms with E-state index in [2.05, 4.69) is 26.2 Å². The SMILES string of the molecule is O=c1[nH]c(CNCCOc2ccc(Br)cc2)cs1. The molecule has 0 aliphatic carbocycles. The Morgan fingerprint density at radius 2 is 2.11 bits per heavy atom. The largest absolute Gasteiger partial charge is 0.492 e. The molecule has 0 spiro atoms. The minimum absolute atomic E-state index is 0.0158. The van der Waals surface area contributed by atoms with Crippen molar-refractivity contribution in [2.24, 2.45) is 0 Å². The lowest BCUT2D eigenvalue weighted by Crippen LogP contribution is -2.21. The van der Waals surface area contributed by atoms with Crippen LogP contribution in [0.15, 0.2) is 38.9 Å². The van der Waals surface area contributed by atoms with E-state index in [9.17, 15) is 4.79 Å². The second kappa shape index (κ2) is 6.72. The van der Waals surface area contributed by atoms with Crippen molar-refractivity contribution in [2.45, 2.75) is 6.54 Å². The number of aromatic nitrogens is 1. The van der Waals surface area contributed by atoms with Gasteiger partial charge in [-0.1, -0.05) is 27.3 Å². The van der Waals surface area contributed by atoms with Crippen LogP contribution in [-0.4, -0.2) is 18.1 Å². The summed E-state index contributed by atoms with van der Waals surface area (Å²) in [7, 11) is 0. The van der Waals surface area contributed by atoms with Crippen LogP contribution in [0.3, 0.4) is 0 Å². The Kier molecular flexibility index (Phi) is 4.98. The number of hydrogen-bond donors (Lipinski definition) is 2. The van der Waals surface area contributed by atoms with Crippen molar-refractivity contribution in [1.82, 2.24) is 10.3 Å². The molecular formula is C12H13BrN2O2S. The van der Waals surface area contributed by atoms with Gasteiger partial charge in [0.05, 0.1) is 0 Å². The first-order valence-electron chi connectivity index (χ1n) is 5.50. The average Bonchev–Trinajstić information content (AvgIpc) is 2.77.